The molecular weight excluding hydrogens is 208 g/mol. The maximum Gasteiger partial charge on any atom is 0.139 e. The summed E-state index contributed by atoms with van der Waals surface area (Å²) in [7, 11) is 0. The van der Waals surface area contributed by atoms with Gasteiger partial charge in [0.1, 0.15) is 10.8 Å². The van der Waals surface area contributed by atoms with Crippen LogP contribution in [0.5, 0.6) is 0 Å². The molecule has 5 heteroatoms. The predicted molar refractivity (Wildman–Crippen MR) is 63.1 cm³/mol. The van der Waals surface area contributed by atoms with Crippen molar-refractivity contribution in [2.45, 2.75) is 31.3 Å². The molecule has 0 aliphatic carbocycles. The Morgan fingerprint density at radius 2 is 2.40 bits per heavy atom. The van der Waals surface area contributed by atoms with E-state index in [-0.39, 0.29) is 0 Å². The van der Waals surface area contributed by atoms with Gasteiger partial charge in [0.05, 0.1) is 0 Å². The summed E-state index contributed by atoms with van der Waals surface area (Å²) in [6, 6.07) is 3.28. The highest BCUT2D eigenvalue weighted by molar-refractivity contribution is 7.10. The lowest BCUT2D eigenvalue weighted by atomic mass is 10.1. The van der Waals surface area contributed by atoms with E-state index in [0.29, 0.717) is 11.9 Å². The zero-order valence-corrected chi connectivity index (χ0v) is 9.46. The highest BCUT2D eigenvalue weighted by Gasteiger charge is 2.37. The molecule has 2 unspecified atom stereocenters. The van der Waals surface area contributed by atoms with Gasteiger partial charge in [0.2, 0.25) is 0 Å². The third-order valence-corrected chi connectivity index (χ3v) is 4.20. The Morgan fingerprint density at radius 3 is 3.20 bits per heavy atom. The van der Waals surface area contributed by atoms with Gasteiger partial charge in [0.15, 0.2) is 0 Å². The highest BCUT2D eigenvalue weighted by atomic mass is 32.1. The lowest BCUT2D eigenvalue weighted by Crippen LogP contribution is -2.33. The minimum atomic E-state index is 0.604. The van der Waals surface area contributed by atoms with E-state index in [1.807, 2.05) is 6.07 Å². The molecule has 1 aromatic rings. The molecule has 2 aliphatic heterocycles. The van der Waals surface area contributed by atoms with Gasteiger partial charge < -0.3 is 11.1 Å². The standard InChI is InChI=1S/C10H16N4S/c11-9-6-10(15-13-9)12-7-3-5-14-4-1-2-8(7)14/h6-8,12H,1-5H2,(H2,11,13). The van der Waals surface area contributed by atoms with Crippen molar-refractivity contribution in [1.82, 2.24) is 9.27 Å². The molecule has 3 N–H and O–H groups in total. The zero-order chi connectivity index (χ0) is 10.3. The van der Waals surface area contributed by atoms with Gasteiger partial charge in [-0.15, -0.1) is 0 Å². The van der Waals surface area contributed by atoms with E-state index in [2.05, 4.69) is 14.6 Å². The van der Waals surface area contributed by atoms with Crippen LogP contribution in [0.1, 0.15) is 19.3 Å². The SMILES string of the molecule is Nc1cc(NC2CCN3CCCC23)sn1. The normalized spacial score (nSPS) is 30.7. The minimum Gasteiger partial charge on any atom is -0.383 e. The number of fused-ring (bicyclic) bond motifs is 1. The van der Waals surface area contributed by atoms with Crippen LogP contribution in [0, 0.1) is 0 Å². The summed E-state index contributed by atoms with van der Waals surface area (Å²) < 4.78 is 4.09. The van der Waals surface area contributed by atoms with E-state index in [1.165, 1.54) is 43.9 Å². The van der Waals surface area contributed by atoms with Crippen LogP contribution < -0.4 is 11.1 Å². The number of nitrogens with zero attached hydrogens (tertiary/aromatic N) is 2. The number of hydrogen-bond donors (Lipinski definition) is 2. The molecule has 0 radical (unpaired) electrons. The third kappa shape index (κ3) is 1.70. The molecule has 1 aromatic heterocycles. The Kier molecular flexibility index (Phi) is 2.29. The maximum atomic E-state index is 5.61. The van der Waals surface area contributed by atoms with E-state index < -0.39 is 0 Å². The first-order valence-corrected chi connectivity index (χ1v) is 6.33. The maximum absolute atomic E-state index is 5.61. The fraction of sp³-hybridized carbons (Fsp3) is 0.700. The first kappa shape index (κ1) is 9.42. The topological polar surface area (TPSA) is 54.2 Å². The highest BCUT2D eigenvalue weighted by Crippen LogP contribution is 2.31. The van der Waals surface area contributed by atoms with Crippen molar-refractivity contribution >= 4 is 22.4 Å². The number of hydrogen-bond acceptors (Lipinski definition) is 5. The van der Waals surface area contributed by atoms with Crippen molar-refractivity contribution in [2.75, 3.05) is 24.1 Å². The number of nitrogens with one attached hydrogen (secondary N) is 1. The molecule has 15 heavy (non-hydrogen) atoms. The van der Waals surface area contributed by atoms with Crippen LogP contribution in [0.4, 0.5) is 10.8 Å². The van der Waals surface area contributed by atoms with Gasteiger partial charge in [-0.1, -0.05) is 0 Å². The van der Waals surface area contributed by atoms with Gasteiger partial charge in [0.25, 0.3) is 0 Å². The summed E-state index contributed by atoms with van der Waals surface area (Å²) in [5.74, 6) is 0.628. The monoisotopic (exact) mass is 224 g/mol. The Bertz CT molecular complexity index is 351. The Hall–Kier alpha value is -0.810. The number of nitrogen functional groups attached to an aromatic ring is 1. The third-order valence-electron chi connectivity index (χ3n) is 3.46. The molecule has 0 bridgehead atoms. The minimum absolute atomic E-state index is 0.604. The Balaban J connectivity index is 1.68. The average molecular weight is 224 g/mol. The van der Waals surface area contributed by atoms with E-state index in [9.17, 15) is 0 Å². The van der Waals surface area contributed by atoms with E-state index in [0.717, 1.165) is 11.0 Å². The summed E-state index contributed by atoms with van der Waals surface area (Å²) in [5.41, 5.74) is 5.61. The fourth-order valence-electron chi connectivity index (χ4n) is 2.79. The number of anilines is 2. The van der Waals surface area contributed by atoms with Crippen molar-refractivity contribution < 1.29 is 0 Å². The molecule has 0 spiro atoms. The second-order valence-corrected chi connectivity index (χ2v) is 5.21. The van der Waals surface area contributed by atoms with Crippen molar-refractivity contribution in [3.8, 4) is 0 Å². The first-order chi connectivity index (χ1) is 7.33. The van der Waals surface area contributed by atoms with Crippen molar-refractivity contribution in [1.29, 1.82) is 0 Å². The van der Waals surface area contributed by atoms with Crippen LogP contribution in [-0.4, -0.2) is 34.4 Å². The molecule has 2 aliphatic rings. The molecule has 0 aromatic carbocycles. The van der Waals surface area contributed by atoms with E-state index in [1.54, 1.807) is 0 Å². The zero-order valence-electron chi connectivity index (χ0n) is 8.65. The second kappa shape index (κ2) is 3.64. The molecule has 2 saturated heterocycles. The fourth-order valence-corrected chi connectivity index (χ4v) is 3.42. The van der Waals surface area contributed by atoms with Crippen molar-refractivity contribution in [3.63, 3.8) is 0 Å². The molecule has 3 heterocycles. The van der Waals surface area contributed by atoms with Crippen molar-refractivity contribution in [2.24, 2.45) is 0 Å². The van der Waals surface area contributed by atoms with Gasteiger partial charge in [-0.2, -0.15) is 4.37 Å². The smallest absolute Gasteiger partial charge is 0.139 e. The molecule has 3 rings (SSSR count). The van der Waals surface area contributed by atoms with Crippen molar-refractivity contribution in [3.05, 3.63) is 6.07 Å². The molecule has 2 atom stereocenters. The number of aromatic nitrogens is 1. The molecule has 2 fully saturated rings. The van der Waals surface area contributed by atoms with Crippen LogP contribution in [0.2, 0.25) is 0 Å². The Labute approximate surface area is 93.6 Å². The van der Waals surface area contributed by atoms with Gasteiger partial charge in [-0.25, -0.2) is 0 Å². The largest absolute Gasteiger partial charge is 0.383 e. The summed E-state index contributed by atoms with van der Waals surface area (Å²) in [6.45, 7) is 2.53. The number of nitrogens with two attached hydrogens (primary N) is 1. The summed E-state index contributed by atoms with van der Waals surface area (Å²) in [4.78, 5) is 2.60. The van der Waals surface area contributed by atoms with Gasteiger partial charge in [0, 0.05) is 24.7 Å². The molecule has 82 valence electrons. The first-order valence-electron chi connectivity index (χ1n) is 5.56. The molecule has 0 saturated carbocycles. The summed E-state index contributed by atoms with van der Waals surface area (Å²) in [6.07, 6.45) is 3.95. The van der Waals surface area contributed by atoms with Crippen LogP contribution >= 0.6 is 11.5 Å². The van der Waals surface area contributed by atoms with Crippen LogP contribution in [0.15, 0.2) is 6.07 Å². The predicted octanol–water partition coefficient (Wildman–Crippen LogP) is 1.37. The average Bonchev–Trinajstić information content (AvgIpc) is 2.85. The second-order valence-electron chi connectivity index (χ2n) is 4.40. The lowest BCUT2D eigenvalue weighted by Gasteiger charge is -2.20. The lowest BCUT2D eigenvalue weighted by molar-refractivity contribution is 0.318. The van der Waals surface area contributed by atoms with Crippen LogP contribution in [0.3, 0.4) is 0 Å². The van der Waals surface area contributed by atoms with Gasteiger partial charge in [-0.05, 0) is 37.3 Å². The molecule has 0 amide bonds. The summed E-state index contributed by atoms with van der Waals surface area (Å²) in [5, 5.41) is 4.68. The summed E-state index contributed by atoms with van der Waals surface area (Å²) >= 11 is 1.47. The van der Waals surface area contributed by atoms with E-state index in [4.69, 9.17) is 5.73 Å². The van der Waals surface area contributed by atoms with Crippen LogP contribution in [0.25, 0.3) is 0 Å². The molecule has 4 nitrogen and oxygen atoms in total. The van der Waals surface area contributed by atoms with E-state index >= 15 is 0 Å². The van der Waals surface area contributed by atoms with Gasteiger partial charge >= 0.3 is 0 Å². The Morgan fingerprint density at radius 1 is 1.47 bits per heavy atom. The molecular formula is C10H16N4S. The number of rotatable bonds is 2. The quantitative estimate of drug-likeness (QED) is 0.796. The van der Waals surface area contributed by atoms with Crippen LogP contribution in [-0.2, 0) is 0 Å². The van der Waals surface area contributed by atoms with Gasteiger partial charge in [-0.3, -0.25) is 4.90 Å².